The molecule has 0 aliphatic heterocycles. The second kappa shape index (κ2) is 15.0. The molecule has 4 unspecified atom stereocenters. The van der Waals surface area contributed by atoms with E-state index in [0.29, 0.717) is 0 Å². The first kappa shape index (κ1) is 33.3. The second-order valence-electron chi connectivity index (χ2n) is 7.78. The smallest absolute Gasteiger partial charge is 0.297 e. The Hall–Kier alpha value is -1.69. The van der Waals surface area contributed by atoms with E-state index in [0.717, 1.165) is 11.1 Å². The first-order valence-electron chi connectivity index (χ1n) is 10.7. The van der Waals surface area contributed by atoms with Crippen LogP contribution in [0.1, 0.15) is 11.1 Å². The SMILES string of the molecule is Cc1ccc(S(=O)(=O)OC(CO)C(O)C(O)C(CO)OS(=O)(=O)c2ccc(C)cc2)cc1.OC(O)CCl. The van der Waals surface area contributed by atoms with Crippen LogP contribution in [0.25, 0.3) is 0 Å². The average Bonchev–Trinajstić information content (AvgIpc) is 2.85. The summed E-state index contributed by atoms with van der Waals surface area (Å²) >= 11 is 4.84. The van der Waals surface area contributed by atoms with E-state index in [1.54, 1.807) is 13.8 Å². The van der Waals surface area contributed by atoms with Crippen LogP contribution in [-0.2, 0) is 28.6 Å². The van der Waals surface area contributed by atoms with Gasteiger partial charge in [0.2, 0.25) is 0 Å². The molecule has 2 aromatic carbocycles. The van der Waals surface area contributed by atoms with Gasteiger partial charge in [-0.15, -0.1) is 11.6 Å². The van der Waals surface area contributed by atoms with Crippen LogP contribution >= 0.6 is 11.6 Å². The Kier molecular flexibility index (Phi) is 13.6. The molecule has 4 atom stereocenters. The van der Waals surface area contributed by atoms with Crippen molar-refractivity contribution in [3.8, 4) is 0 Å². The first-order chi connectivity index (χ1) is 17.2. The van der Waals surface area contributed by atoms with Gasteiger partial charge in [-0.25, -0.2) is 0 Å². The van der Waals surface area contributed by atoms with Crippen LogP contribution in [0.3, 0.4) is 0 Å². The van der Waals surface area contributed by atoms with Crippen LogP contribution in [0, 0.1) is 13.8 Å². The van der Waals surface area contributed by atoms with Gasteiger partial charge in [-0.2, -0.15) is 16.8 Å². The number of alkyl halides is 1. The van der Waals surface area contributed by atoms with Crippen molar-refractivity contribution in [1.82, 2.24) is 0 Å². The minimum atomic E-state index is -4.43. The predicted octanol–water partition coefficient (Wildman–Crippen LogP) is -0.606. The molecular formula is C22H31ClO12S2. The Morgan fingerprint density at radius 1 is 0.676 bits per heavy atom. The molecule has 0 aliphatic rings. The largest absolute Gasteiger partial charge is 0.394 e. The molecule has 2 rings (SSSR count). The molecule has 0 spiro atoms. The topological polar surface area (TPSA) is 208 Å². The van der Waals surface area contributed by atoms with E-state index >= 15 is 0 Å². The Labute approximate surface area is 220 Å². The zero-order chi connectivity index (χ0) is 28.4. The maximum absolute atomic E-state index is 12.4. The van der Waals surface area contributed by atoms with Crippen LogP contribution in [0.2, 0.25) is 0 Å². The summed E-state index contributed by atoms with van der Waals surface area (Å²) < 4.78 is 59.4. The van der Waals surface area contributed by atoms with Crippen molar-refractivity contribution in [2.45, 2.75) is 54.3 Å². The molecular weight excluding hydrogens is 556 g/mol. The van der Waals surface area contributed by atoms with Gasteiger partial charge in [-0.05, 0) is 38.1 Å². The summed E-state index contributed by atoms with van der Waals surface area (Å²) in [5, 5.41) is 55.3. The number of aliphatic hydroxyl groups excluding tert-OH is 5. The number of hydrogen-bond donors (Lipinski definition) is 6. The van der Waals surface area contributed by atoms with Gasteiger partial charge in [0, 0.05) is 0 Å². The molecule has 37 heavy (non-hydrogen) atoms. The quantitative estimate of drug-likeness (QED) is 0.105. The van der Waals surface area contributed by atoms with E-state index in [2.05, 4.69) is 0 Å². The molecule has 6 N–H and O–H groups in total. The highest BCUT2D eigenvalue weighted by Gasteiger charge is 2.38. The molecule has 0 aliphatic carbocycles. The number of hydrogen-bond acceptors (Lipinski definition) is 12. The van der Waals surface area contributed by atoms with Crippen LogP contribution in [-0.4, -0.2) is 97.3 Å². The summed E-state index contributed by atoms with van der Waals surface area (Å²) in [7, 11) is -8.87. The van der Waals surface area contributed by atoms with Crippen molar-refractivity contribution in [2.24, 2.45) is 0 Å². The lowest BCUT2D eigenvalue weighted by molar-refractivity contribution is -0.107. The lowest BCUT2D eigenvalue weighted by atomic mass is 10.0. The molecule has 2 aromatic rings. The van der Waals surface area contributed by atoms with Crippen molar-refractivity contribution < 1.29 is 55.8 Å². The molecule has 0 saturated carbocycles. The molecule has 0 aromatic heterocycles. The van der Waals surface area contributed by atoms with E-state index < -0.39 is 64.2 Å². The molecule has 0 bridgehead atoms. The molecule has 0 saturated heterocycles. The maximum Gasteiger partial charge on any atom is 0.297 e. The fourth-order valence-electron chi connectivity index (χ4n) is 2.68. The van der Waals surface area contributed by atoms with Crippen LogP contribution in [0.15, 0.2) is 58.3 Å². The number of aryl methyl sites for hydroxylation is 2. The van der Waals surface area contributed by atoms with Gasteiger partial charge in [0.15, 0.2) is 6.29 Å². The van der Waals surface area contributed by atoms with Crippen molar-refractivity contribution in [3.05, 3.63) is 59.7 Å². The van der Waals surface area contributed by atoms with Crippen molar-refractivity contribution >= 4 is 31.8 Å². The van der Waals surface area contributed by atoms with E-state index in [4.69, 9.17) is 30.2 Å². The summed E-state index contributed by atoms with van der Waals surface area (Å²) in [5.74, 6) is -0.111. The molecule has 0 amide bonds. The van der Waals surface area contributed by atoms with E-state index in [-0.39, 0.29) is 15.7 Å². The highest BCUT2D eigenvalue weighted by molar-refractivity contribution is 7.87. The Morgan fingerprint density at radius 2 is 0.946 bits per heavy atom. The number of rotatable bonds is 12. The highest BCUT2D eigenvalue weighted by atomic mass is 35.5. The summed E-state index contributed by atoms with van der Waals surface area (Å²) in [4.78, 5) is -0.500. The molecule has 12 nitrogen and oxygen atoms in total. The first-order valence-corrected chi connectivity index (χ1v) is 14.0. The lowest BCUT2D eigenvalue weighted by Gasteiger charge is -2.29. The molecule has 0 radical (unpaired) electrons. The van der Waals surface area contributed by atoms with Crippen LogP contribution in [0.5, 0.6) is 0 Å². The van der Waals surface area contributed by atoms with Crippen LogP contribution in [0.4, 0.5) is 0 Å². The average molecular weight is 587 g/mol. The Bertz CT molecular complexity index is 1060. The predicted molar refractivity (Wildman–Crippen MR) is 132 cm³/mol. The zero-order valence-electron chi connectivity index (χ0n) is 20.0. The van der Waals surface area contributed by atoms with Gasteiger partial charge in [0.25, 0.3) is 20.2 Å². The number of benzene rings is 2. The van der Waals surface area contributed by atoms with Gasteiger partial charge in [0.1, 0.15) is 24.4 Å². The summed E-state index contributed by atoms with van der Waals surface area (Å²) in [6, 6.07) is 11.1. The molecule has 210 valence electrons. The molecule has 0 fully saturated rings. The standard InChI is InChI=1S/C20H26O10S2.C2H5ClO2/c1-13-3-7-15(8-4-13)31(25,26)29-17(11-21)19(23)20(24)18(12-22)30-32(27,28)16-9-5-14(2)6-10-16;3-1-2(4)5/h3-10,17-24H,11-12H2,1-2H3;2,4-5H,1H2. The fraction of sp³-hybridized carbons (Fsp3) is 0.455. The highest BCUT2D eigenvalue weighted by Crippen LogP contribution is 2.21. The van der Waals surface area contributed by atoms with Gasteiger partial charge in [-0.1, -0.05) is 35.4 Å². The van der Waals surface area contributed by atoms with E-state index in [9.17, 15) is 37.3 Å². The monoisotopic (exact) mass is 586 g/mol. The van der Waals surface area contributed by atoms with Crippen LogP contribution < -0.4 is 0 Å². The fourth-order valence-corrected chi connectivity index (χ4v) is 4.84. The summed E-state index contributed by atoms with van der Waals surface area (Å²) in [5.41, 5.74) is 1.58. The third-order valence-electron chi connectivity index (χ3n) is 4.73. The normalized spacial score (nSPS) is 15.4. The van der Waals surface area contributed by atoms with Crippen molar-refractivity contribution in [3.63, 3.8) is 0 Å². The van der Waals surface area contributed by atoms with E-state index in [1.165, 1.54) is 48.5 Å². The second-order valence-corrected chi connectivity index (χ2v) is 11.2. The maximum atomic E-state index is 12.4. The third-order valence-corrected chi connectivity index (χ3v) is 7.71. The summed E-state index contributed by atoms with van der Waals surface area (Å²) in [6.07, 6.45) is -9.32. The summed E-state index contributed by atoms with van der Waals surface area (Å²) in [6.45, 7) is 1.42. The Morgan fingerprint density at radius 3 is 1.16 bits per heavy atom. The zero-order valence-corrected chi connectivity index (χ0v) is 22.3. The van der Waals surface area contributed by atoms with Crippen molar-refractivity contribution in [1.29, 1.82) is 0 Å². The number of halogens is 1. The molecule has 15 heteroatoms. The lowest BCUT2D eigenvalue weighted by Crippen LogP contribution is -2.50. The van der Waals surface area contributed by atoms with Gasteiger partial charge in [-0.3, -0.25) is 8.37 Å². The van der Waals surface area contributed by atoms with Crippen molar-refractivity contribution in [2.75, 3.05) is 19.1 Å². The Balaban J connectivity index is 0.00000124. The minimum Gasteiger partial charge on any atom is -0.394 e. The number of aliphatic hydroxyl groups is 6. The van der Waals surface area contributed by atoms with Gasteiger partial charge < -0.3 is 30.6 Å². The molecule has 0 heterocycles. The third kappa shape index (κ3) is 10.5. The van der Waals surface area contributed by atoms with Gasteiger partial charge in [0.05, 0.1) is 28.9 Å². The van der Waals surface area contributed by atoms with Gasteiger partial charge >= 0.3 is 0 Å². The minimum absolute atomic E-state index is 0.111. The van der Waals surface area contributed by atoms with E-state index in [1.807, 2.05) is 0 Å².